The molecular formula is C69H102N10O. The number of piperazine rings is 1. The molecule has 11 nitrogen and oxygen atoms in total. The van der Waals surface area contributed by atoms with Gasteiger partial charge in [-0.2, -0.15) is 0 Å². The number of nitrogens with zero attached hydrogens (tertiary/aromatic N) is 8. The van der Waals surface area contributed by atoms with E-state index in [0.29, 0.717) is 24.3 Å². The summed E-state index contributed by atoms with van der Waals surface area (Å²) in [5.74, 6) is 3.77. The van der Waals surface area contributed by atoms with E-state index < -0.39 is 0 Å². The predicted molar refractivity (Wildman–Crippen MR) is 335 cm³/mol. The van der Waals surface area contributed by atoms with Crippen LogP contribution in [0.15, 0.2) is 91.7 Å². The van der Waals surface area contributed by atoms with Gasteiger partial charge in [0.25, 0.3) is 0 Å². The molecule has 3 aliphatic carbocycles. The Morgan fingerprint density at radius 1 is 0.863 bits per heavy atom. The first kappa shape index (κ1) is 58.1. The summed E-state index contributed by atoms with van der Waals surface area (Å²) in [4.78, 5) is 31.1. The minimum atomic E-state index is -0.243. The number of benzene rings is 2. The third-order valence-corrected chi connectivity index (χ3v) is 19.8. The van der Waals surface area contributed by atoms with Crippen LogP contribution in [0, 0.1) is 23.2 Å². The van der Waals surface area contributed by atoms with E-state index >= 15 is 0 Å². The van der Waals surface area contributed by atoms with Gasteiger partial charge in [0.05, 0.1) is 41.2 Å². The molecule has 80 heavy (non-hydrogen) atoms. The van der Waals surface area contributed by atoms with Crippen LogP contribution < -0.4 is 15.6 Å². The lowest BCUT2D eigenvalue weighted by Crippen LogP contribution is -2.51. The molecule has 3 saturated heterocycles. The molecule has 3 saturated carbocycles. The number of pyridine rings is 1. The van der Waals surface area contributed by atoms with Gasteiger partial charge in [0.1, 0.15) is 5.78 Å². The molecule has 5 heterocycles. The maximum Gasteiger partial charge on any atom is 0.130 e. The second kappa shape index (κ2) is 25.2. The van der Waals surface area contributed by atoms with Crippen LogP contribution in [0.3, 0.4) is 0 Å². The summed E-state index contributed by atoms with van der Waals surface area (Å²) in [6.07, 6.45) is 19.5. The SMILES string of the molecule is C=C(NC(Cc1cccc(-c2ccc3c(c2)c(CC(C)(C)CC(C)=O)c(-c2cc(N4CCN(C5CC5)CC4)cnc2C(C)C)n3CC)c1)C(=C)N1CCCCN1)C(C1CCCC1)N(C)CCC1CCN(C(=C)N(C)C(C)C2CC2)C1. The fraction of sp³-hybridized carbons (Fsp3) is 0.623. The first-order valence-electron chi connectivity index (χ1n) is 31.7. The number of hydrogen-bond donors (Lipinski definition) is 2. The molecule has 11 heteroatoms. The van der Waals surface area contributed by atoms with Crippen LogP contribution in [0.1, 0.15) is 155 Å². The minimum absolute atomic E-state index is 0.0367. The number of likely N-dealkylation sites (N-methyl/N-ethyl adjacent to an activating group) is 1. The van der Waals surface area contributed by atoms with E-state index in [1.807, 2.05) is 0 Å². The molecule has 3 aliphatic heterocycles. The van der Waals surface area contributed by atoms with Crippen molar-refractivity contribution < 1.29 is 4.79 Å². The van der Waals surface area contributed by atoms with Crippen molar-refractivity contribution in [3.8, 4) is 22.4 Å². The highest BCUT2D eigenvalue weighted by Gasteiger charge is 2.37. The van der Waals surface area contributed by atoms with Gasteiger partial charge in [-0.15, -0.1) is 0 Å². The number of Topliss-reactive ketones (excluding diaryl/α,β-unsaturated/α-hetero) is 1. The number of nitrogens with one attached hydrogen (secondary N) is 2. The number of anilines is 1. The van der Waals surface area contributed by atoms with Gasteiger partial charge in [-0.05, 0) is 181 Å². The number of ketones is 1. The van der Waals surface area contributed by atoms with Crippen LogP contribution in [0.25, 0.3) is 33.3 Å². The molecule has 0 spiro atoms. The number of hydrazine groups is 1. The van der Waals surface area contributed by atoms with E-state index in [2.05, 4.69) is 162 Å². The molecule has 6 aliphatic rings. The van der Waals surface area contributed by atoms with Gasteiger partial charge in [-0.25, -0.2) is 5.43 Å². The van der Waals surface area contributed by atoms with Crippen molar-refractivity contribution in [2.24, 2.45) is 23.2 Å². The van der Waals surface area contributed by atoms with Crippen molar-refractivity contribution in [1.82, 2.24) is 44.9 Å². The summed E-state index contributed by atoms with van der Waals surface area (Å²) in [5.41, 5.74) is 16.8. The maximum atomic E-state index is 12.9. The normalized spacial score (nSPS) is 20.7. The van der Waals surface area contributed by atoms with Crippen LogP contribution in [-0.4, -0.2) is 137 Å². The summed E-state index contributed by atoms with van der Waals surface area (Å²) in [5, 5.41) is 7.72. The third-order valence-electron chi connectivity index (χ3n) is 19.8. The van der Waals surface area contributed by atoms with E-state index in [-0.39, 0.29) is 29.2 Å². The third kappa shape index (κ3) is 13.4. The Hall–Kier alpha value is -5.10. The van der Waals surface area contributed by atoms with E-state index in [1.165, 1.54) is 127 Å². The highest BCUT2D eigenvalue weighted by Crippen LogP contribution is 2.44. The average Bonchev–Trinajstić information content (AvgIpc) is 4.44. The van der Waals surface area contributed by atoms with Crippen LogP contribution >= 0.6 is 0 Å². The number of aryl methyl sites for hydroxylation is 1. The largest absolute Gasteiger partial charge is 0.379 e. The summed E-state index contributed by atoms with van der Waals surface area (Å²) in [6, 6.07) is 20.5. The molecule has 4 atom stereocenters. The quantitative estimate of drug-likeness (QED) is 0.0635. The average molecular weight is 1090 g/mol. The molecule has 434 valence electrons. The number of carbonyl (C=O) groups excluding carboxylic acids is 1. The molecule has 2 aromatic carbocycles. The maximum absolute atomic E-state index is 12.9. The van der Waals surface area contributed by atoms with Crippen molar-refractivity contribution in [3.05, 3.63) is 109 Å². The van der Waals surface area contributed by atoms with Gasteiger partial charge in [-0.1, -0.05) is 90.6 Å². The smallest absolute Gasteiger partial charge is 0.130 e. The Morgan fingerprint density at radius 3 is 2.29 bits per heavy atom. The Kier molecular flexibility index (Phi) is 18.3. The van der Waals surface area contributed by atoms with Gasteiger partial charge >= 0.3 is 0 Å². The van der Waals surface area contributed by atoms with E-state index in [9.17, 15) is 4.79 Å². The van der Waals surface area contributed by atoms with Crippen molar-refractivity contribution in [2.75, 3.05) is 77.9 Å². The molecule has 4 aromatic rings. The van der Waals surface area contributed by atoms with E-state index in [4.69, 9.17) is 18.1 Å². The zero-order valence-electron chi connectivity index (χ0n) is 51.1. The predicted octanol–water partition coefficient (Wildman–Crippen LogP) is 12.9. The number of likely N-dealkylation sites (tertiary alicyclic amines) is 1. The summed E-state index contributed by atoms with van der Waals surface area (Å²) in [6.45, 7) is 40.2. The fourth-order valence-corrected chi connectivity index (χ4v) is 14.9. The number of fused-ring (bicyclic) bond motifs is 1. The van der Waals surface area contributed by atoms with Crippen LogP contribution in [0.2, 0.25) is 0 Å². The van der Waals surface area contributed by atoms with Gasteiger partial charge in [0, 0.05) is 112 Å². The van der Waals surface area contributed by atoms with Gasteiger partial charge in [-0.3, -0.25) is 14.8 Å². The van der Waals surface area contributed by atoms with Crippen molar-refractivity contribution >= 4 is 22.4 Å². The Labute approximate surface area is 483 Å². The lowest BCUT2D eigenvalue weighted by atomic mass is 9.79. The number of carbonyl (C=O) groups is 1. The molecule has 6 fully saturated rings. The van der Waals surface area contributed by atoms with E-state index in [0.717, 1.165) is 114 Å². The van der Waals surface area contributed by atoms with Gasteiger partial charge in [0.15, 0.2) is 0 Å². The summed E-state index contributed by atoms with van der Waals surface area (Å²) >= 11 is 0. The highest BCUT2D eigenvalue weighted by atomic mass is 16.1. The van der Waals surface area contributed by atoms with Crippen molar-refractivity contribution in [3.63, 3.8) is 0 Å². The minimum Gasteiger partial charge on any atom is -0.379 e. The molecule has 0 radical (unpaired) electrons. The second-order valence-electron chi connectivity index (χ2n) is 26.9. The Morgan fingerprint density at radius 2 is 1.61 bits per heavy atom. The highest BCUT2D eigenvalue weighted by molar-refractivity contribution is 5.96. The number of hydrogen-bond acceptors (Lipinski definition) is 10. The zero-order valence-corrected chi connectivity index (χ0v) is 51.1. The standard InChI is InChI=1S/C69H102N10O/c1-13-78-65-28-25-58(41-61(65)63(44-69(9,10)43-48(4)80)68(78)62-42-60(45-70-66(62)47(2)3)76-37-35-75(36-38-76)59-26-27-59)57-22-18-19-54(39-57)40-64(51(7)79-32-17-16-31-71-79)72-49(5)67(56-20-14-15-21-56)73(11)33-29-53-30-34-77(46-53)52(8)74(12)50(6)55-23-24-55/h18-19,22,25,28,39,41-42,45,47,50,53,55-56,59,64,67,71-72H,5,7-8,13-17,20-21,23-24,26-27,29-38,40,43-44,46H2,1-4,6,9-12H3. The summed E-state index contributed by atoms with van der Waals surface area (Å²) < 4.78 is 2.54. The Bertz CT molecular complexity index is 2820. The number of rotatable bonds is 26. The topological polar surface area (TPSA) is 78.4 Å². The van der Waals surface area contributed by atoms with Crippen molar-refractivity contribution in [2.45, 2.75) is 181 Å². The fourth-order valence-electron chi connectivity index (χ4n) is 14.9. The van der Waals surface area contributed by atoms with Gasteiger partial charge < -0.3 is 34.4 Å². The zero-order chi connectivity index (χ0) is 56.4. The monoisotopic (exact) mass is 1090 g/mol. The first-order chi connectivity index (χ1) is 38.5. The molecule has 0 amide bonds. The lowest BCUT2D eigenvalue weighted by Gasteiger charge is -2.40. The summed E-state index contributed by atoms with van der Waals surface area (Å²) in [7, 11) is 4.62. The molecule has 2 aromatic heterocycles. The first-order valence-corrected chi connectivity index (χ1v) is 31.7. The van der Waals surface area contributed by atoms with Crippen LogP contribution in [-0.2, 0) is 24.2 Å². The lowest BCUT2D eigenvalue weighted by molar-refractivity contribution is -0.118. The van der Waals surface area contributed by atoms with Crippen molar-refractivity contribution in [1.29, 1.82) is 0 Å². The van der Waals surface area contributed by atoms with Crippen LogP contribution in [0.4, 0.5) is 5.69 Å². The number of aromatic nitrogens is 2. The van der Waals surface area contributed by atoms with Gasteiger partial charge in [0.2, 0.25) is 0 Å². The molecular weight excluding hydrogens is 985 g/mol. The van der Waals surface area contributed by atoms with Crippen LogP contribution in [0.5, 0.6) is 0 Å². The molecule has 4 unspecified atom stereocenters. The van der Waals surface area contributed by atoms with E-state index in [1.54, 1.807) is 6.92 Å². The molecule has 0 bridgehead atoms. The Balaban J connectivity index is 0.926. The molecule has 10 rings (SSSR count). The second-order valence-corrected chi connectivity index (χ2v) is 26.9. The molecule has 2 N–H and O–H groups in total.